The molecule has 1 N–H and O–H groups in total. The molecule has 1 atom stereocenters. The van der Waals surface area contributed by atoms with Gasteiger partial charge in [0.1, 0.15) is 11.5 Å². The van der Waals surface area contributed by atoms with Gasteiger partial charge in [-0.05, 0) is 35.7 Å². The van der Waals surface area contributed by atoms with Crippen LogP contribution in [0.3, 0.4) is 0 Å². The normalized spacial score (nSPS) is 15.7. The Morgan fingerprint density at radius 2 is 1.89 bits per heavy atom. The molecule has 3 rings (SSSR count). The number of hydrogen-bond donors (Lipinski definition) is 1. The molecule has 1 heterocycles. The summed E-state index contributed by atoms with van der Waals surface area (Å²) in [5, 5.41) is 2.56. The first-order valence-corrected chi connectivity index (χ1v) is 9.00. The minimum Gasteiger partial charge on any atom is -0.484 e. The van der Waals surface area contributed by atoms with Crippen molar-refractivity contribution in [3.63, 3.8) is 0 Å². The summed E-state index contributed by atoms with van der Waals surface area (Å²) in [7, 11) is 1.54. The van der Waals surface area contributed by atoms with E-state index in [2.05, 4.69) is 19.2 Å². The zero-order valence-electron chi connectivity index (χ0n) is 15.8. The molecule has 1 unspecified atom stereocenters. The van der Waals surface area contributed by atoms with Crippen LogP contribution in [-0.2, 0) is 9.59 Å². The van der Waals surface area contributed by atoms with Crippen molar-refractivity contribution in [3.05, 3.63) is 54.1 Å². The maximum absolute atomic E-state index is 12.8. The number of para-hydroxylation sites is 2. The lowest BCUT2D eigenvalue weighted by molar-refractivity contribution is -0.128. The fourth-order valence-electron chi connectivity index (χ4n) is 2.94. The predicted octanol–water partition coefficient (Wildman–Crippen LogP) is 2.73. The molecular formula is C21H24N2O4. The third-order valence-corrected chi connectivity index (χ3v) is 4.52. The Balaban J connectivity index is 1.72. The number of ether oxygens (including phenoxy) is 2. The van der Waals surface area contributed by atoms with Gasteiger partial charge in [0.25, 0.3) is 11.8 Å². The third-order valence-electron chi connectivity index (χ3n) is 4.52. The predicted molar refractivity (Wildman–Crippen MR) is 103 cm³/mol. The summed E-state index contributed by atoms with van der Waals surface area (Å²) in [6.45, 7) is 4.28. The maximum Gasteiger partial charge on any atom is 0.265 e. The Morgan fingerprint density at radius 1 is 1.19 bits per heavy atom. The number of hydrogen-bond acceptors (Lipinski definition) is 4. The van der Waals surface area contributed by atoms with Gasteiger partial charge in [-0.3, -0.25) is 9.59 Å². The van der Waals surface area contributed by atoms with Crippen LogP contribution >= 0.6 is 0 Å². The molecule has 0 fully saturated rings. The largest absolute Gasteiger partial charge is 0.484 e. The molecule has 0 spiro atoms. The summed E-state index contributed by atoms with van der Waals surface area (Å²) in [6.07, 6.45) is -0.751. The fraction of sp³-hybridized carbons (Fsp3) is 0.333. The van der Waals surface area contributed by atoms with E-state index in [1.54, 1.807) is 30.1 Å². The van der Waals surface area contributed by atoms with Crippen LogP contribution in [0, 0.1) is 0 Å². The zero-order valence-corrected chi connectivity index (χ0v) is 15.8. The molecule has 0 aliphatic carbocycles. The Kier molecular flexibility index (Phi) is 5.64. The lowest BCUT2D eigenvalue weighted by Gasteiger charge is -2.33. The maximum atomic E-state index is 12.8. The first-order chi connectivity index (χ1) is 13.0. The van der Waals surface area contributed by atoms with Gasteiger partial charge in [-0.25, -0.2) is 0 Å². The summed E-state index contributed by atoms with van der Waals surface area (Å²) >= 11 is 0. The standard InChI is InChI=1S/C21H24N2O4/c1-14(2)15-8-10-16(11-9-15)26-13-20(24)23-12-19(21(25)22-3)27-18-7-5-4-6-17(18)23/h4-11,14,19H,12-13H2,1-3H3,(H,22,25). The smallest absolute Gasteiger partial charge is 0.265 e. The van der Waals surface area contributed by atoms with Gasteiger partial charge >= 0.3 is 0 Å². The van der Waals surface area contributed by atoms with Gasteiger partial charge in [-0.1, -0.05) is 38.1 Å². The lowest BCUT2D eigenvalue weighted by atomic mass is 10.0. The van der Waals surface area contributed by atoms with Crippen molar-refractivity contribution in [2.75, 3.05) is 25.1 Å². The van der Waals surface area contributed by atoms with E-state index >= 15 is 0 Å². The molecule has 0 radical (unpaired) electrons. The van der Waals surface area contributed by atoms with Gasteiger partial charge in [-0.2, -0.15) is 0 Å². The number of nitrogens with one attached hydrogen (secondary N) is 1. The van der Waals surface area contributed by atoms with Crippen LogP contribution in [0.1, 0.15) is 25.3 Å². The van der Waals surface area contributed by atoms with E-state index in [4.69, 9.17) is 9.47 Å². The molecule has 1 aliphatic rings. The fourth-order valence-corrected chi connectivity index (χ4v) is 2.94. The Bertz CT molecular complexity index is 817. The number of carbonyl (C=O) groups excluding carboxylic acids is 2. The number of benzene rings is 2. The Hall–Kier alpha value is -3.02. The monoisotopic (exact) mass is 368 g/mol. The van der Waals surface area contributed by atoms with Crippen molar-refractivity contribution >= 4 is 17.5 Å². The molecule has 1 aliphatic heterocycles. The number of fused-ring (bicyclic) bond motifs is 1. The van der Waals surface area contributed by atoms with Crippen molar-refractivity contribution in [2.45, 2.75) is 25.9 Å². The summed E-state index contributed by atoms with van der Waals surface area (Å²) in [4.78, 5) is 26.3. The molecule has 2 aromatic carbocycles. The second-order valence-corrected chi connectivity index (χ2v) is 6.71. The molecule has 142 valence electrons. The van der Waals surface area contributed by atoms with Gasteiger partial charge in [0.15, 0.2) is 12.7 Å². The average molecular weight is 368 g/mol. The van der Waals surface area contributed by atoms with E-state index in [1.807, 2.05) is 30.3 Å². The van der Waals surface area contributed by atoms with E-state index in [0.717, 1.165) is 0 Å². The molecule has 6 nitrogen and oxygen atoms in total. The van der Waals surface area contributed by atoms with Crippen molar-refractivity contribution in [1.29, 1.82) is 0 Å². The minimum atomic E-state index is -0.751. The Labute approximate surface area is 159 Å². The highest BCUT2D eigenvalue weighted by Crippen LogP contribution is 2.33. The average Bonchev–Trinajstić information content (AvgIpc) is 2.70. The molecule has 0 aromatic heterocycles. The molecule has 27 heavy (non-hydrogen) atoms. The van der Waals surface area contributed by atoms with Crippen molar-refractivity contribution in [2.24, 2.45) is 0 Å². The van der Waals surface area contributed by atoms with E-state index in [0.29, 0.717) is 23.1 Å². The first-order valence-electron chi connectivity index (χ1n) is 9.00. The molecule has 0 bridgehead atoms. The van der Waals surface area contributed by atoms with Crippen molar-refractivity contribution in [1.82, 2.24) is 5.32 Å². The van der Waals surface area contributed by atoms with Crippen LogP contribution in [0.5, 0.6) is 11.5 Å². The van der Waals surface area contributed by atoms with Gasteiger partial charge in [0.2, 0.25) is 0 Å². The van der Waals surface area contributed by atoms with Crippen LogP contribution in [0.25, 0.3) is 0 Å². The number of carbonyl (C=O) groups is 2. The summed E-state index contributed by atoms with van der Waals surface area (Å²) in [6, 6.07) is 14.9. The number of anilines is 1. The van der Waals surface area contributed by atoms with Gasteiger partial charge in [0.05, 0.1) is 12.2 Å². The third kappa shape index (κ3) is 4.22. The molecule has 0 saturated heterocycles. The molecule has 2 amide bonds. The van der Waals surface area contributed by atoms with Gasteiger partial charge < -0.3 is 19.7 Å². The van der Waals surface area contributed by atoms with Crippen LogP contribution < -0.4 is 19.7 Å². The molecular weight excluding hydrogens is 344 g/mol. The first kappa shape index (κ1) is 18.8. The highest BCUT2D eigenvalue weighted by Gasteiger charge is 2.33. The van der Waals surface area contributed by atoms with Crippen LogP contribution in [-0.4, -0.2) is 38.1 Å². The van der Waals surface area contributed by atoms with E-state index in [9.17, 15) is 9.59 Å². The Morgan fingerprint density at radius 3 is 2.56 bits per heavy atom. The summed E-state index contributed by atoms with van der Waals surface area (Å²) < 4.78 is 11.4. The lowest BCUT2D eigenvalue weighted by Crippen LogP contribution is -2.51. The number of nitrogens with zero attached hydrogens (tertiary/aromatic N) is 1. The zero-order chi connectivity index (χ0) is 19.4. The van der Waals surface area contributed by atoms with E-state index in [1.165, 1.54) is 5.56 Å². The quantitative estimate of drug-likeness (QED) is 0.881. The number of rotatable bonds is 5. The van der Waals surface area contributed by atoms with Crippen molar-refractivity contribution < 1.29 is 19.1 Å². The summed E-state index contributed by atoms with van der Waals surface area (Å²) in [5.74, 6) is 1.08. The van der Waals surface area contributed by atoms with Crippen LogP contribution in [0.15, 0.2) is 48.5 Å². The minimum absolute atomic E-state index is 0.115. The van der Waals surface area contributed by atoms with Crippen molar-refractivity contribution in [3.8, 4) is 11.5 Å². The number of amides is 2. The molecule has 6 heteroatoms. The molecule has 0 saturated carbocycles. The van der Waals surface area contributed by atoms with Gasteiger partial charge in [-0.15, -0.1) is 0 Å². The molecule has 2 aromatic rings. The van der Waals surface area contributed by atoms with Crippen LogP contribution in [0.4, 0.5) is 5.69 Å². The highest BCUT2D eigenvalue weighted by molar-refractivity contribution is 5.98. The van der Waals surface area contributed by atoms with Crippen LogP contribution in [0.2, 0.25) is 0 Å². The van der Waals surface area contributed by atoms with E-state index in [-0.39, 0.29) is 25.0 Å². The second-order valence-electron chi connectivity index (χ2n) is 6.71. The number of likely N-dealkylation sites (N-methyl/N-ethyl adjacent to an activating group) is 1. The summed E-state index contributed by atoms with van der Waals surface area (Å²) in [5.41, 5.74) is 1.85. The topological polar surface area (TPSA) is 67.9 Å². The second kappa shape index (κ2) is 8.12. The highest BCUT2D eigenvalue weighted by atomic mass is 16.5. The van der Waals surface area contributed by atoms with Gasteiger partial charge in [0, 0.05) is 7.05 Å². The SMILES string of the molecule is CNC(=O)C1CN(C(=O)COc2ccc(C(C)C)cc2)c2ccccc2O1. The van der Waals surface area contributed by atoms with E-state index < -0.39 is 6.10 Å².